The SMILES string of the molecule is COC(=O)CCNC(=O)c1ccc(C(Nc2nc(-c3ccc(OC(F)(F)F)cc3)cs2)c2ccc(Cl)cc2)cc1. The molecule has 0 spiro atoms. The van der Waals surface area contributed by atoms with Crippen LogP contribution in [-0.2, 0) is 9.53 Å². The van der Waals surface area contributed by atoms with Crippen molar-refractivity contribution >= 4 is 39.9 Å². The van der Waals surface area contributed by atoms with Crippen molar-refractivity contribution in [2.45, 2.75) is 18.8 Å². The lowest BCUT2D eigenvalue weighted by Gasteiger charge is -2.20. The summed E-state index contributed by atoms with van der Waals surface area (Å²) in [7, 11) is 1.29. The Kier molecular flexibility index (Phi) is 9.28. The van der Waals surface area contributed by atoms with E-state index in [2.05, 4.69) is 25.1 Å². The quantitative estimate of drug-likeness (QED) is 0.197. The first-order valence-corrected chi connectivity index (χ1v) is 13.2. The summed E-state index contributed by atoms with van der Waals surface area (Å²) in [6.07, 6.45) is -4.69. The molecule has 1 aromatic heterocycles. The Balaban J connectivity index is 1.51. The van der Waals surface area contributed by atoms with E-state index in [0.29, 0.717) is 27.0 Å². The van der Waals surface area contributed by atoms with Gasteiger partial charge in [-0.3, -0.25) is 9.59 Å². The number of methoxy groups -OCH3 is 1. The molecule has 0 bridgehead atoms. The number of carbonyl (C=O) groups excluding carboxylic acids is 2. The second-order valence-corrected chi connectivity index (χ2v) is 9.74. The van der Waals surface area contributed by atoms with Gasteiger partial charge in [0.1, 0.15) is 5.75 Å². The number of benzene rings is 3. The Morgan fingerprint density at radius 1 is 0.975 bits per heavy atom. The predicted molar refractivity (Wildman–Crippen MR) is 147 cm³/mol. The molecule has 4 rings (SSSR count). The van der Waals surface area contributed by atoms with Crippen LogP contribution in [0.4, 0.5) is 18.3 Å². The molecule has 1 unspecified atom stereocenters. The zero-order valence-corrected chi connectivity index (χ0v) is 22.6. The van der Waals surface area contributed by atoms with Crippen LogP contribution in [-0.4, -0.2) is 36.9 Å². The van der Waals surface area contributed by atoms with Gasteiger partial charge in [0.05, 0.1) is 25.3 Å². The molecule has 7 nitrogen and oxygen atoms in total. The van der Waals surface area contributed by atoms with Crippen LogP contribution in [0.2, 0.25) is 5.02 Å². The van der Waals surface area contributed by atoms with Crippen LogP contribution in [0.5, 0.6) is 5.75 Å². The van der Waals surface area contributed by atoms with Crippen molar-refractivity contribution in [2.75, 3.05) is 19.0 Å². The van der Waals surface area contributed by atoms with Crippen LogP contribution in [0.15, 0.2) is 78.2 Å². The highest BCUT2D eigenvalue weighted by Gasteiger charge is 2.31. The van der Waals surface area contributed by atoms with E-state index in [0.717, 1.165) is 11.1 Å². The zero-order chi connectivity index (χ0) is 28.7. The highest BCUT2D eigenvalue weighted by atomic mass is 35.5. The molecule has 0 aliphatic rings. The molecular formula is C28H23ClF3N3O4S. The molecule has 0 radical (unpaired) electrons. The van der Waals surface area contributed by atoms with E-state index in [-0.39, 0.29) is 30.7 Å². The van der Waals surface area contributed by atoms with Gasteiger partial charge < -0.3 is 20.1 Å². The van der Waals surface area contributed by atoms with E-state index in [1.807, 2.05) is 24.3 Å². The Labute approximate surface area is 236 Å². The highest BCUT2D eigenvalue weighted by Crippen LogP contribution is 2.33. The highest BCUT2D eigenvalue weighted by molar-refractivity contribution is 7.14. The fraction of sp³-hybridized carbons (Fsp3) is 0.179. The second kappa shape index (κ2) is 12.8. The molecule has 208 valence electrons. The van der Waals surface area contributed by atoms with Crippen molar-refractivity contribution in [1.82, 2.24) is 10.3 Å². The maximum absolute atomic E-state index is 12.5. The monoisotopic (exact) mass is 589 g/mol. The summed E-state index contributed by atoms with van der Waals surface area (Å²) >= 11 is 7.43. The minimum Gasteiger partial charge on any atom is -0.469 e. The molecule has 2 N–H and O–H groups in total. The van der Waals surface area contributed by atoms with Gasteiger partial charge >= 0.3 is 12.3 Å². The molecule has 1 atom stereocenters. The first kappa shape index (κ1) is 28.9. The minimum atomic E-state index is -4.76. The van der Waals surface area contributed by atoms with Crippen molar-refractivity contribution in [3.05, 3.63) is 99.9 Å². The number of rotatable bonds is 10. The van der Waals surface area contributed by atoms with Crippen LogP contribution in [0.1, 0.15) is 33.9 Å². The molecule has 12 heteroatoms. The van der Waals surface area contributed by atoms with Crippen LogP contribution in [0.3, 0.4) is 0 Å². The molecular weight excluding hydrogens is 567 g/mol. The summed E-state index contributed by atoms with van der Waals surface area (Å²) in [5, 5.41) is 9.04. The normalized spacial score (nSPS) is 11.9. The third kappa shape index (κ3) is 7.96. The number of esters is 1. The fourth-order valence-corrected chi connectivity index (χ4v) is 4.62. The van der Waals surface area contributed by atoms with Gasteiger partial charge in [-0.2, -0.15) is 0 Å². The molecule has 40 heavy (non-hydrogen) atoms. The average Bonchev–Trinajstić information content (AvgIpc) is 3.40. The van der Waals surface area contributed by atoms with Gasteiger partial charge in [0.15, 0.2) is 5.13 Å². The van der Waals surface area contributed by atoms with Gasteiger partial charge in [-0.05, 0) is 59.7 Å². The number of amides is 1. The summed E-state index contributed by atoms with van der Waals surface area (Å²) in [5.74, 6) is -1.04. The van der Waals surface area contributed by atoms with Crippen molar-refractivity contribution in [3.63, 3.8) is 0 Å². The lowest BCUT2D eigenvalue weighted by Crippen LogP contribution is -2.26. The molecule has 4 aromatic rings. The minimum absolute atomic E-state index is 0.0736. The van der Waals surface area contributed by atoms with E-state index >= 15 is 0 Å². The number of anilines is 1. The van der Waals surface area contributed by atoms with Crippen LogP contribution < -0.4 is 15.4 Å². The number of nitrogens with one attached hydrogen (secondary N) is 2. The Morgan fingerprint density at radius 2 is 1.60 bits per heavy atom. The number of hydrogen-bond acceptors (Lipinski definition) is 7. The van der Waals surface area contributed by atoms with E-state index in [4.69, 9.17) is 11.6 Å². The van der Waals surface area contributed by atoms with Gasteiger partial charge in [0.25, 0.3) is 5.91 Å². The first-order chi connectivity index (χ1) is 19.1. The Bertz CT molecular complexity index is 1440. The molecule has 0 saturated carbocycles. The number of hydrogen-bond donors (Lipinski definition) is 2. The molecule has 3 aromatic carbocycles. The van der Waals surface area contributed by atoms with E-state index in [1.165, 1.54) is 42.7 Å². The third-order valence-electron chi connectivity index (χ3n) is 5.71. The molecule has 1 amide bonds. The van der Waals surface area contributed by atoms with Crippen molar-refractivity contribution < 1.29 is 32.2 Å². The first-order valence-electron chi connectivity index (χ1n) is 11.9. The fourth-order valence-electron chi connectivity index (χ4n) is 3.75. The predicted octanol–water partition coefficient (Wildman–Crippen LogP) is 6.86. The van der Waals surface area contributed by atoms with Crippen LogP contribution in [0.25, 0.3) is 11.3 Å². The van der Waals surface area contributed by atoms with Gasteiger partial charge in [0, 0.05) is 28.1 Å². The number of nitrogens with zero attached hydrogens (tertiary/aromatic N) is 1. The van der Waals surface area contributed by atoms with E-state index in [9.17, 15) is 22.8 Å². The lowest BCUT2D eigenvalue weighted by atomic mass is 9.97. The number of halogens is 4. The summed E-state index contributed by atoms with van der Waals surface area (Å²) in [6, 6.07) is 19.4. The lowest BCUT2D eigenvalue weighted by molar-refractivity contribution is -0.274. The molecule has 1 heterocycles. The third-order valence-corrected chi connectivity index (χ3v) is 6.73. The summed E-state index contributed by atoms with van der Waals surface area (Å²) < 4.78 is 45.9. The topological polar surface area (TPSA) is 89.5 Å². The van der Waals surface area contributed by atoms with E-state index in [1.54, 1.807) is 29.6 Å². The molecule has 0 aliphatic carbocycles. The summed E-state index contributed by atoms with van der Waals surface area (Å²) in [6.45, 7) is 0.159. The maximum atomic E-state index is 12.5. The second-order valence-electron chi connectivity index (χ2n) is 8.44. The largest absolute Gasteiger partial charge is 0.573 e. The van der Waals surface area contributed by atoms with Gasteiger partial charge in [-0.15, -0.1) is 24.5 Å². The smallest absolute Gasteiger partial charge is 0.469 e. The number of aromatic nitrogens is 1. The van der Waals surface area contributed by atoms with Gasteiger partial charge in [0.2, 0.25) is 0 Å². The molecule has 0 fully saturated rings. The number of thiazole rings is 1. The van der Waals surface area contributed by atoms with Crippen LogP contribution in [0, 0.1) is 0 Å². The molecule has 0 saturated heterocycles. The van der Waals surface area contributed by atoms with Gasteiger partial charge in [-0.25, -0.2) is 4.98 Å². The standard InChI is InChI=1S/C28H23ClF3N3O4S/c1-38-24(36)14-15-33-26(37)20-4-2-18(3-5-20)25(19-6-10-21(29)11-7-19)35-27-34-23(16-40-27)17-8-12-22(13-9-17)39-28(30,31)32/h2-13,16,25H,14-15H2,1H3,(H,33,37)(H,34,35). The van der Waals surface area contributed by atoms with Crippen molar-refractivity contribution in [2.24, 2.45) is 0 Å². The Hall–Kier alpha value is -4.09. The van der Waals surface area contributed by atoms with Crippen molar-refractivity contribution in [1.29, 1.82) is 0 Å². The van der Waals surface area contributed by atoms with Crippen molar-refractivity contribution in [3.8, 4) is 17.0 Å². The van der Waals surface area contributed by atoms with Crippen LogP contribution >= 0.6 is 22.9 Å². The summed E-state index contributed by atoms with van der Waals surface area (Å²) in [5.41, 5.74) is 3.38. The molecule has 0 aliphatic heterocycles. The zero-order valence-electron chi connectivity index (χ0n) is 21.0. The summed E-state index contributed by atoms with van der Waals surface area (Å²) in [4.78, 5) is 28.3. The number of ether oxygens (including phenoxy) is 2. The average molecular weight is 590 g/mol. The number of alkyl halides is 3. The van der Waals surface area contributed by atoms with Gasteiger partial charge in [-0.1, -0.05) is 35.9 Å². The maximum Gasteiger partial charge on any atom is 0.573 e. The van der Waals surface area contributed by atoms with E-state index < -0.39 is 12.3 Å². The number of carbonyl (C=O) groups is 2. The Morgan fingerprint density at radius 3 is 2.20 bits per heavy atom.